The molecule has 1 aromatic rings. The summed E-state index contributed by atoms with van der Waals surface area (Å²) in [5, 5.41) is 0.718. The molecule has 2 rings (SSSR count). The molecule has 0 aromatic heterocycles. The van der Waals surface area contributed by atoms with Crippen molar-refractivity contribution in [1.82, 2.24) is 0 Å². The molecule has 0 radical (unpaired) electrons. The Kier molecular flexibility index (Phi) is 2.10. The molecule has 1 atom stereocenters. The molecule has 1 aliphatic heterocycles. The third-order valence-electron chi connectivity index (χ3n) is 1.92. The quantitative estimate of drug-likeness (QED) is 0.744. The van der Waals surface area contributed by atoms with Gasteiger partial charge < -0.3 is 10.5 Å². The molecule has 0 saturated heterocycles. The summed E-state index contributed by atoms with van der Waals surface area (Å²) in [5.41, 5.74) is 6.44. The highest BCUT2D eigenvalue weighted by molar-refractivity contribution is 6.30. The number of nitrogens with two attached hydrogens (primary N) is 1. The summed E-state index contributed by atoms with van der Waals surface area (Å²) in [5.74, 6) is 0. The van der Waals surface area contributed by atoms with Gasteiger partial charge in [-0.25, -0.2) is 4.99 Å². The van der Waals surface area contributed by atoms with Crippen LogP contribution in [-0.4, -0.2) is 12.6 Å². The fraction of sp³-hybridized carbons (Fsp3) is 0.222. The van der Waals surface area contributed by atoms with Gasteiger partial charge in [-0.15, -0.1) is 0 Å². The van der Waals surface area contributed by atoms with Crippen LogP contribution in [0.15, 0.2) is 29.3 Å². The van der Waals surface area contributed by atoms with E-state index in [2.05, 4.69) is 4.99 Å². The van der Waals surface area contributed by atoms with Gasteiger partial charge in [-0.2, -0.15) is 0 Å². The van der Waals surface area contributed by atoms with Crippen molar-refractivity contribution in [2.45, 2.75) is 6.10 Å². The SMILES string of the molecule is NC1=NC[C@H](c2ccc(Cl)cc2)O1. The van der Waals surface area contributed by atoms with Gasteiger partial charge in [-0.3, -0.25) is 0 Å². The predicted molar refractivity (Wildman–Crippen MR) is 51.8 cm³/mol. The van der Waals surface area contributed by atoms with Crippen LogP contribution in [0.1, 0.15) is 11.7 Å². The minimum atomic E-state index is -0.0442. The predicted octanol–water partition coefficient (Wildman–Crippen LogP) is 1.73. The Labute approximate surface area is 81.2 Å². The Balaban J connectivity index is 2.14. The molecule has 4 heteroatoms. The van der Waals surface area contributed by atoms with Crippen LogP contribution in [0.5, 0.6) is 0 Å². The molecule has 1 aromatic carbocycles. The van der Waals surface area contributed by atoms with E-state index in [0.29, 0.717) is 6.54 Å². The maximum Gasteiger partial charge on any atom is 0.282 e. The van der Waals surface area contributed by atoms with Gasteiger partial charge in [0.2, 0.25) is 0 Å². The zero-order valence-corrected chi connectivity index (χ0v) is 7.66. The molecular formula is C9H9ClN2O. The standard InChI is InChI=1S/C9H9ClN2O/c10-7-3-1-6(2-4-7)8-5-12-9(11)13-8/h1-4,8H,5H2,(H2,11,12)/t8-/m1/s1. The third-order valence-corrected chi connectivity index (χ3v) is 2.17. The molecule has 0 spiro atoms. The van der Waals surface area contributed by atoms with E-state index in [4.69, 9.17) is 22.1 Å². The summed E-state index contributed by atoms with van der Waals surface area (Å²) < 4.78 is 5.27. The van der Waals surface area contributed by atoms with Crippen molar-refractivity contribution >= 4 is 17.6 Å². The third kappa shape index (κ3) is 1.75. The number of ether oxygens (including phenoxy) is 1. The van der Waals surface area contributed by atoms with Crippen LogP contribution in [0.4, 0.5) is 0 Å². The summed E-state index contributed by atoms with van der Waals surface area (Å²) in [6.45, 7) is 0.591. The molecule has 0 saturated carbocycles. The number of aliphatic imine (C=N–C) groups is 1. The molecule has 13 heavy (non-hydrogen) atoms. The van der Waals surface area contributed by atoms with Crippen LogP contribution in [-0.2, 0) is 4.74 Å². The number of hydrogen-bond acceptors (Lipinski definition) is 3. The smallest absolute Gasteiger partial charge is 0.282 e. The maximum atomic E-state index is 5.75. The van der Waals surface area contributed by atoms with Gasteiger partial charge in [0, 0.05) is 5.02 Å². The Hall–Kier alpha value is -1.22. The van der Waals surface area contributed by atoms with Crippen molar-refractivity contribution in [1.29, 1.82) is 0 Å². The number of hydrogen-bond donors (Lipinski definition) is 1. The van der Waals surface area contributed by atoms with Crippen LogP contribution >= 0.6 is 11.6 Å². The van der Waals surface area contributed by atoms with Crippen molar-refractivity contribution in [3.05, 3.63) is 34.9 Å². The van der Waals surface area contributed by atoms with E-state index in [1.54, 1.807) is 0 Å². The number of halogens is 1. The molecule has 0 bridgehead atoms. The van der Waals surface area contributed by atoms with Gasteiger partial charge >= 0.3 is 0 Å². The molecule has 1 heterocycles. The highest BCUT2D eigenvalue weighted by atomic mass is 35.5. The van der Waals surface area contributed by atoms with Crippen molar-refractivity contribution < 1.29 is 4.74 Å². The molecule has 0 aliphatic carbocycles. The van der Waals surface area contributed by atoms with Crippen LogP contribution in [0.3, 0.4) is 0 Å². The Morgan fingerprint density at radius 2 is 2.08 bits per heavy atom. The van der Waals surface area contributed by atoms with Gasteiger partial charge in [0.25, 0.3) is 6.02 Å². The van der Waals surface area contributed by atoms with Crippen molar-refractivity contribution in [3.63, 3.8) is 0 Å². The summed E-state index contributed by atoms with van der Waals surface area (Å²) >= 11 is 5.75. The molecular weight excluding hydrogens is 188 g/mol. The minimum absolute atomic E-state index is 0.0442. The molecule has 68 valence electrons. The fourth-order valence-corrected chi connectivity index (χ4v) is 1.37. The Morgan fingerprint density at radius 3 is 2.62 bits per heavy atom. The van der Waals surface area contributed by atoms with Crippen LogP contribution in [0, 0.1) is 0 Å². The molecule has 0 amide bonds. The minimum Gasteiger partial charge on any atom is -0.455 e. The van der Waals surface area contributed by atoms with Crippen LogP contribution in [0.2, 0.25) is 5.02 Å². The summed E-state index contributed by atoms with van der Waals surface area (Å²) in [4.78, 5) is 3.96. The van der Waals surface area contributed by atoms with Gasteiger partial charge in [-0.05, 0) is 17.7 Å². The second-order valence-electron chi connectivity index (χ2n) is 2.84. The second-order valence-corrected chi connectivity index (χ2v) is 3.27. The van der Waals surface area contributed by atoms with Crippen molar-refractivity contribution in [2.75, 3.05) is 6.54 Å². The maximum absolute atomic E-state index is 5.75. The first-order valence-electron chi connectivity index (χ1n) is 3.98. The average Bonchev–Trinajstić information content (AvgIpc) is 2.53. The highest BCUT2D eigenvalue weighted by Gasteiger charge is 2.18. The lowest BCUT2D eigenvalue weighted by molar-refractivity contribution is 0.226. The lowest BCUT2D eigenvalue weighted by atomic mass is 10.1. The normalized spacial score (nSPS) is 21.0. The van der Waals surface area contributed by atoms with Gasteiger partial charge in [-0.1, -0.05) is 23.7 Å². The van der Waals surface area contributed by atoms with E-state index in [0.717, 1.165) is 10.6 Å². The molecule has 3 nitrogen and oxygen atoms in total. The Bertz CT molecular complexity index is 334. The van der Waals surface area contributed by atoms with Gasteiger partial charge in [0.05, 0.1) is 6.54 Å². The summed E-state index contributed by atoms with van der Waals surface area (Å²) in [7, 11) is 0. The van der Waals surface area contributed by atoms with Crippen molar-refractivity contribution in [3.8, 4) is 0 Å². The largest absolute Gasteiger partial charge is 0.455 e. The Morgan fingerprint density at radius 1 is 1.38 bits per heavy atom. The molecule has 2 N–H and O–H groups in total. The number of amidine groups is 1. The zero-order chi connectivity index (χ0) is 9.26. The highest BCUT2D eigenvalue weighted by Crippen LogP contribution is 2.22. The van der Waals surface area contributed by atoms with E-state index in [1.807, 2.05) is 24.3 Å². The number of nitrogens with zero attached hydrogens (tertiary/aromatic N) is 1. The molecule has 0 unspecified atom stereocenters. The lowest BCUT2D eigenvalue weighted by Crippen LogP contribution is -2.12. The first-order chi connectivity index (χ1) is 6.25. The topological polar surface area (TPSA) is 47.6 Å². The molecule has 0 fully saturated rings. The van der Waals surface area contributed by atoms with Gasteiger partial charge in [0.1, 0.15) is 6.10 Å². The second kappa shape index (κ2) is 3.26. The number of rotatable bonds is 1. The van der Waals surface area contributed by atoms with E-state index >= 15 is 0 Å². The van der Waals surface area contributed by atoms with Crippen LogP contribution < -0.4 is 5.73 Å². The average molecular weight is 197 g/mol. The first kappa shape index (κ1) is 8.38. The van der Waals surface area contributed by atoms with E-state index in [1.165, 1.54) is 0 Å². The van der Waals surface area contributed by atoms with E-state index in [-0.39, 0.29) is 12.1 Å². The molecule has 1 aliphatic rings. The lowest BCUT2D eigenvalue weighted by Gasteiger charge is -2.09. The van der Waals surface area contributed by atoms with Gasteiger partial charge in [0.15, 0.2) is 0 Å². The zero-order valence-electron chi connectivity index (χ0n) is 6.90. The monoisotopic (exact) mass is 196 g/mol. The summed E-state index contributed by atoms with van der Waals surface area (Å²) in [6.07, 6.45) is -0.0442. The van der Waals surface area contributed by atoms with E-state index < -0.39 is 0 Å². The van der Waals surface area contributed by atoms with Crippen molar-refractivity contribution in [2.24, 2.45) is 10.7 Å². The van der Waals surface area contributed by atoms with Crippen LogP contribution in [0.25, 0.3) is 0 Å². The first-order valence-corrected chi connectivity index (χ1v) is 4.35. The summed E-state index contributed by atoms with van der Waals surface area (Å²) in [6, 6.07) is 7.76. The fourth-order valence-electron chi connectivity index (χ4n) is 1.24. The van der Waals surface area contributed by atoms with E-state index in [9.17, 15) is 0 Å². The number of benzene rings is 1.